The van der Waals surface area contributed by atoms with Crippen molar-refractivity contribution in [3.63, 3.8) is 0 Å². The summed E-state index contributed by atoms with van der Waals surface area (Å²) >= 11 is 5.91. The molecule has 0 aliphatic heterocycles. The maximum absolute atomic E-state index is 14.1. The van der Waals surface area contributed by atoms with E-state index < -0.39 is 13.4 Å². The SMILES string of the molecule is CCCCOP(=O)(O)CC/C=C(/F)Cn1cnc2c(Cl)nc(N)nc21. The van der Waals surface area contributed by atoms with Gasteiger partial charge in [0.15, 0.2) is 10.8 Å². The van der Waals surface area contributed by atoms with E-state index in [4.69, 9.17) is 21.9 Å². The molecule has 0 bridgehead atoms. The summed E-state index contributed by atoms with van der Waals surface area (Å²) in [5.41, 5.74) is 6.18. The Morgan fingerprint density at radius 2 is 2.32 bits per heavy atom. The smallest absolute Gasteiger partial charge is 0.328 e. The molecule has 8 nitrogen and oxygen atoms in total. The second-order valence-electron chi connectivity index (χ2n) is 5.40. The normalized spacial score (nSPS) is 14.8. The summed E-state index contributed by atoms with van der Waals surface area (Å²) in [6.07, 6.45) is 4.13. The summed E-state index contributed by atoms with van der Waals surface area (Å²) < 4.78 is 32.2. The Morgan fingerprint density at radius 3 is 3.04 bits per heavy atom. The van der Waals surface area contributed by atoms with Crippen molar-refractivity contribution in [1.29, 1.82) is 0 Å². The van der Waals surface area contributed by atoms with E-state index in [0.717, 1.165) is 6.42 Å². The van der Waals surface area contributed by atoms with E-state index in [-0.39, 0.29) is 36.8 Å². The third-order valence-corrected chi connectivity index (χ3v) is 5.00. The molecule has 2 rings (SSSR count). The first-order valence-corrected chi connectivity index (χ1v) is 9.91. The van der Waals surface area contributed by atoms with Crippen LogP contribution in [0.4, 0.5) is 10.3 Å². The number of nitrogens with zero attached hydrogens (tertiary/aromatic N) is 4. The zero-order valence-corrected chi connectivity index (χ0v) is 15.4. The Kier molecular flexibility index (Phi) is 6.89. The molecule has 0 aromatic carbocycles. The Bertz CT molecular complexity index is 813. The van der Waals surface area contributed by atoms with Crippen LogP contribution in [0.5, 0.6) is 0 Å². The lowest BCUT2D eigenvalue weighted by Gasteiger charge is -2.10. The lowest BCUT2D eigenvalue weighted by Crippen LogP contribution is -2.02. The zero-order valence-electron chi connectivity index (χ0n) is 13.7. The van der Waals surface area contributed by atoms with Gasteiger partial charge in [0, 0.05) is 0 Å². The van der Waals surface area contributed by atoms with Crippen LogP contribution in [-0.2, 0) is 15.6 Å². The van der Waals surface area contributed by atoms with E-state index in [2.05, 4.69) is 15.0 Å². The van der Waals surface area contributed by atoms with E-state index in [1.165, 1.54) is 17.0 Å². The first-order chi connectivity index (χ1) is 11.8. The Morgan fingerprint density at radius 1 is 1.56 bits per heavy atom. The number of nitrogen functional groups attached to an aromatic ring is 1. The Balaban J connectivity index is 1.97. The number of halogens is 2. The molecule has 2 aromatic rings. The molecule has 11 heteroatoms. The molecule has 1 atom stereocenters. The first kappa shape index (κ1) is 19.8. The zero-order chi connectivity index (χ0) is 18.4. The minimum absolute atomic E-state index is 0.0333. The molecule has 1 unspecified atom stereocenters. The quantitative estimate of drug-likeness (QED) is 0.382. The van der Waals surface area contributed by atoms with Gasteiger partial charge in [-0.05, 0) is 12.8 Å². The summed E-state index contributed by atoms with van der Waals surface area (Å²) in [4.78, 5) is 21.4. The van der Waals surface area contributed by atoms with Gasteiger partial charge < -0.3 is 19.7 Å². The van der Waals surface area contributed by atoms with Crippen molar-refractivity contribution in [3.05, 3.63) is 23.4 Å². The number of imidazole rings is 1. The van der Waals surface area contributed by atoms with Gasteiger partial charge in [-0.2, -0.15) is 9.97 Å². The summed E-state index contributed by atoms with van der Waals surface area (Å²) in [7, 11) is -3.69. The van der Waals surface area contributed by atoms with Crippen molar-refractivity contribution in [1.82, 2.24) is 19.5 Å². The van der Waals surface area contributed by atoms with Crippen LogP contribution in [-0.4, -0.2) is 37.2 Å². The molecule has 138 valence electrons. The molecule has 25 heavy (non-hydrogen) atoms. The molecular formula is C14H20ClFN5O3P. The van der Waals surface area contributed by atoms with Crippen LogP contribution in [0.2, 0.25) is 5.15 Å². The van der Waals surface area contributed by atoms with Crippen LogP contribution in [0, 0.1) is 0 Å². The van der Waals surface area contributed by atoms with E-state index in [1.807, 2.05) is 6.92 Å². The maximum Gasteiger partial charge on any atom is 0.328 e. The second kappa shape index (κ2) is 8.71. The highest BCUT2D eigenvalue weighted by Crippen LogP contribution is 2.42. The van der Waals surface area contributed by atoms with Crippen molar-refractivity contribution < 1.29 is 18.4 Å². The van der Waals surface area contributed by atoms with Gasteiger partial charge in [0.2, 0.25) is 5.95 Å². The fourth-order valence-corrected chi connectivity index (χ4v) is 3.29. The van der Waals surface area contributed by atoms with E-state index in [9.17, 15) is 13.8 Å². The molecule has 2 heterocycles. The van der Waals surface area contributed by atoms with E-state index in [1.54, 1.807) is 0 Å². The first-order valence-electron chi connectivity index (χ1n) is 7.77. The van der Waals surface area contributed by atoms with Crippen molar-refractivity contribution in [2.24, 2.45) is 0 Å². The van der Waals surface area contributed by atoms with Gasteiger partial charge in [0.05, 0.1) is 25.6 Å². The van der Waals surface area contributed by atoms with Gasteiger partial charge in [0.25, 0.3) is 0 Å². The summed E-state index contributed by atoms with van der Waals surface area (Å²) in [5, 5.41) is 0.0936. The fraction of sp³-hybridized carbons (Fsp3) is 0.500. The monoisotopic (exact) mass is 391 g/mol. The van der Waals surface area contributed by atoms with Gasteiger partial charge in [-0.25, -0.2) is 9.37 Å². The number of nitrogens with two attached hydrogens (primary N) is 1. The second-order valence-corrected chi connectivity index (χ2v) is 7.74. The molecule has 0 amide bonds. The van der Waals surface area contributed by atoms with Crippen LogP contribution < -0.4 is 5.73 Å². The number of aromatic nitrogens is 4. The van der Waals surface area contributed by atoms with Crippen molar-refractivity contribution >= 4 is 36.3 Å². The number of anilines is 1. The highest BCUT2D eigenvalue weighted by Gasteiger charge is 2.18. The van der Waals surface area contributed by atoms with Crippen LogP contribution in [0.15, 0.2) is 18.2 Å². The number of hydrogen-bond acceptors (Lipinski definition) is 6. The highest BCUT2D eigenvalue weighted by atomic mass is 35.5. The van der Waals surface area contributed by atoms with Gasteiger partial charge >= 0.3 is 7.60 Å². The molecule has 0 aliphatic carbocycles. The lowest BCUT2D eigenvalue weighted by atomic mass is 10.4. The van der Waals surface area contributed by atoms with Crippen molar-refractivity contribution in [2.75, 3.05) is 18.5 Å². The van der Waals surface area contributed by atoms with Gasteiger partial charge in [0.1, 0.15) is 11.3 Å². The minimum atomic E-state index is -3.69. The molecule has 0 fully saturated rings. The van der Waals surface area contributed by atoms with E-state index in [0.29, 0.717) is 17.6 Å². The topological polar surface area (TPSA) is 116 Å². The van der Waals surface area contributed by atoms with Crippen LogP contribution >= 0.6 is 19.2 Å². The Hall–Kier alpha value is -1.54. The predicted octanol–water partition coefficient (Wildman–Crippen LogP) is 3.31. The van der Waals surface area contributed by atoms with Crippen LogP contribution in [0.1, 0.15) is 26.2 Å². The molecule has 0 saturated carbocycles. The molecule has 3 N–H and O–H groups in total. The van der Waals surface area contributed by atoms with Gasteiger partial charge in [-0.15, -0.1) is 0 Å². The Labute approximate surface area is 149 Å². The molecule has 0 aliphatic rings. The van der Waals surface area contributed by atoms with Gasteiger partial charge in [-0.1, -0.05) is 31.0 Å². The number of unbranched alkanes of at least 4 members (excludes halogenated alkanes) is 1. The lowest BCUT2D eigenvalue weighted by molar-refractivity contribution is 0.255. The predicted molar refractivity (Wildman–Crippen MR) is 94.1 cm³/mol. The standard InChI is InChI=1S/C14H20ClFN5O3P/c1-2-3-6-24-25(22,23)7-4-5-10(16)8-21-9-18-11-12(15)19-14(17)20-13(11)21/h5,9H,2-4,6-8H2,1H3,(H,22,23)(H2,17,19,20)/b10-5+. The molecule has 0 saturated heterocycles. The molecule has 0 radical (unpaired) electrons. The minimum Gasteiger partial charge on any atom is -0.368 e. The molecular weight excluding hydrogens is 372 g/mol. The maximum atomic E-state index is 14.1. The largest absolute Gasteiger partial charge is 0.368 e. The number of rotatable bonds is 9. The molecule has 2 aromatic heterocycles. The summed E-state index contributed by atoms with van der Waals surface area (Å²) in [6.45, 7) is 2.03. The fourth-order valence-electron chi connectivity index (χ4n) is 2.07. The van der Waals surface area contributed by atoms with E-state index >= 15 is 0 Å². The highest BCUT2D eigenvalue weighted by molar-refractivity contribution is 7.52. The molecule has 0 spiro atoms. The summed E-state index contributed by atoms with van der Waals surface area (Å²) in [5.74, 6) is -0.532. The third-order valence-electron chi connectivity index (χ3n) is 3.33. The number of fused-ring (bicyclic) bond motifs is 1. The number of allylic oxidation sites excluding steroid dienone is 2. The third kappa shape index (κ3) is 5.74. The number of hydrogen-bond donors (Lipinski definition) is 2. The average Bonchev–Trinajstić information content (AvgIpc) is 2.90. The van der Waals surface area contributed by atoms with Crippen LogP contribution in [0.25, 0.3) is 11.2 Å². The van der Waals surface area contributed by atoms with Crippen LogP contribution in [0.3, 0.4) is 0 Å². The van der Waals surface area contributed by atoms with Gasteiger partial charge in [-0.3, -0.25) is 4.57 Å². The van der Waals surface area contributed by atoms with Crippen molar-refractivity contribution in [2.45, 2.75) is 32.7 Å². The van der Waals surface area contributed by atoms with Crippen molar-refractivity contribution in [3.8, 4) is 0 Å². The average molecular weight is 392 g/mol. The summed E-state index contributed by atoms with van der Waals surface area (Å²) in [6, 6.07) is 0.